The van der Waals surface area contributed by atoms with E-state index < -0.39 is 35.2 Å². The van der Waals surface area contributed by atoms with E-state index in [1.54, 1.807) is 24.3 Å². The van der Waals surface area contributed by atoms with E-state index in [9.17, 15) is 19.5 Å². The maximum Gasteiger partial charge on any atom is 0.353 e. The van der Waals surface area contributed by atoms with Gasteiger partial charge in [0.15, 0.2) is 0 Å². The van der Waals surface area contributed by atoms with Crippen molar-refractivity contribution in [3.63, 3.8) is 0 Å². The standard InChI is InChI=1S/C15H14ClN3O4S/c16-8-6-24-14-10(13(21)19(14)11(8)15(22)23)18-12(20)9(17)7-4-2-1-3-5-7/h1-5,9-10,14H,6,17H2,(H,18,20)(H,22,23)/t9-,10?,14?/m0/s1. The van der Waals surface area contributed by atoms with E-state index >= 15 is 0 Å². The Morgan fingerprint density at radius 1 is 1.38 bits per heavy atom. The molecule has 1 fully saturated rings. The Bertz CT molecular complexity index is 739. The Morgan fingerprint density at radius 2 is 2.04 bits per heavy atom. The summed E-state index contributed by atoms with van der Waals surface area (Å²) in [6.45, 7) is 0. The normalized spacial score (nSPS) is 24.1. The molecule has 2 aliphatic heterocycles. The predicted octanol–water partition coefficient (Wildman–Crippen LogP) is 0.621. The number of rotatable bonds is 4. The van der Waals surface area contributed by atoms with Crippen molar-refractivity contribution in [3.05, 3.63) is 46.6 Å². The molecule has 2 amide bonds. The number of thioether (sulfide) groups is 1. The van der Waals surface area contributed by atoms with E-state index in [1.807, 2.05) is 6.07 Å². The quantitative estimate of drug-likeness (QED) is 0.672. The highest BCUT2D eigenvalue weighted by Crippen LogP contribution is 2.41. The van der Waals surface area contributed by atoms with Crippen LogP contribution in [-0.2, 0) is 14.4 Å². The number of nitrogens with one attached hydrogen (secondary N) is 1. The summed E-state index contributed by atoms with van der Waals surface area (Å²) in [5, 5.41) is 11.4. The number of carbonyl (C=O) groups is 3. The minimum Gasteiger partial charge on any atom is -0.477 e. The molecule has 9 heteroatoms. The minimum atomic E-state index is -1.26. The molecule has 7 nitrogen and oxygen atoms in total. The maximum absolute atomic E-state index is 12.3. The molecule has 1 aromatic carbocycles. The van der Waals surface area contributed by atoms with Crippen LogP contribution in [0.2, 0.25) is 0 Å². The van der Waals surface area contributed by atoms with Crippen molar-refractivity contribution in [2.75, 3.05) is 5.75 Å². The van der Waals surface area contributed by atoms with Crippen molar-refractivity contribution >= 4 is 41.1 Å². The van der Waals surface area contributed by atoms with E-state index in [4.69, 9.17) is 17.3 Å². The maximum atomic E-state index is 12.3. The summed E-state index contributed by atoms with van der Waals surface area (Å²) in [6, 6.07) is 7.07. The highest BCUT2D eigenvalue weighted by atomic mass is 35.5. The highest BCUT2D eigenvalue weighted by Gasteiger charge is 2.54. The average molecular weight is 368 g/mol. The second-order valence-electron chi connectivity index (χ2n) is 5.34. The molecule has 0 radical (unpaired) electrons. The topological polar surface area (TPSA) is 113 Å². The first kappa shape index (κ1) is 16.8. The third kappa shape index (κ3) is 2.77. The molecule has 1 aromatic rings. The lowest BCUT2D eigenvalue weighted by molar-refractivity contribution is -0.150. The van der Waals surface area contributed by atoms with Gasteiger partial charge in [0.25, 0.3) is 5.91 Å². The van der Waals surface area contributed by atoms with E-state index in [0.29, 0.717) is 5.56 Å². The number of aliphatic carboxylic acids is 1. The molecule has 4 N–H and O–H groups in total. The van der Waals surface area contributed by atoms with Crippen LogP contribution in [0.5, 0.6) is 0 Å². The van der Waals surface area contributed by atoms with Crippen LogP contribution in [0.1, 0.15) is 11.6 Å². The number of carboxylic acids is 1. The second kappa shape index (κ2) is 6.46. The lowest BCUT2D eigenvalue weighted by atomic mass is 10.0. The first-order valence-electron chi connectivity index (χ1n) is 7.09. The molecule has 0 spiro atoms. The van der Waals surface area contributed by atoms with Gasteiger partial charge < -0.3 is 16.2 Å². The van der Waals surface area contributed by atoms with Crippen LogP contribution in [0, 0.1) is 0 Å². The predicted molar refractivity (Wildman–Crippen MR) is 88.9 cm³/mol. The smallest absolute Gasteiger partial charge is 0.353 e. The largest absolute Gasteiger partial charge is 0.477 e. The molecule has 0 aromatic heterocycles. The van der Waals surface area contributed by atoms with Gasteiger partial charge >= 0.3 is 5.97 Å². The molecule has 0 bridgehead atoms. The number of β-lactam (4-membered cyclic amide) rings is 1. The SMILES string of the molecule is N[C@H](C(=O)NC1C(=O)N2C(C(=O)O)=C(Cl)CSC12)c1ccccc1. The number of carbonyl (C=O) groups excluding carboxylic acids is 2. The fourth-order valence-corrected chi connectivity index (χ4v) is 4.19. The Kier molecular flexibility index (Phi) is 4.53. The molecule has 0 saturated carbocycles. The molecule has 3 atom stereocenters. The first-order valence-corrected chi connectivity index (χ1v) is 8.52. The van der Waals surface area contributed by atoms with E-state index in [1.165, 1.54) is 11.8 Å². The first-order chi connectivity index (χ1) is 11.4. The van der Waals surface area contributed by atoms with E-state index in [2.05, 4.69) is 5.32 Å². The summed E-state index contributed by atoms with van der Waals surface area (Å²) in [6.07, 6.45) is 0. The number of nitrogens with two attached hydrogens (primary N) is 1. The summed E-state index contributed by atoms with van der Waals surface area (Å²) in [4.78, 5) is 36.9. The van der Waals surface area contributed by atoms with Crippen LogP contribution < -0.4 is 11.1 Å². The van der Waals surface area contributed by atoms with Gasteiger partial charge in [-0.1, -0.05) is 41.9 Å². The average Bonchev–Trinajstić information content (AvgIpc) is 2.59. The zero-order valence-corrected chi connectivity index (χ0v) is 13.9. The van der Waals surface area contributed by atoms with Crippen molar-refractivity contribution in [1.82, 2.24) is 10.2 Å². The number of fused-ring (bicyclic) bond motifs is 1. The Hall–Kier alpha value is -2.03. The van der Waals surface area contributed by atoms with Crippen molar-refractivity contribution in [1.29, 1.82) is 0 Å². The molecule has 2 unspecified atom stereocenters. The Morgan fingerprint density at radius 3 is 2.67 bits per heavy atom. The lowest BCUT2D eigenvalue weighted by Gasteiger charge is -2.48. The van der Waals surface area contributed by atoms with Crippen LogP contribution in [-0.4, -0.2) is 45.0 Å². The molecule has 3 rings (SSSR count). The van der Waals surface area contributed by atoms with Gasteiger partial charge in [0, 0.05) is 5.75 Å². The van der Waals surface area contributed by atoms with Crippen molar-refractivity contribution in [2.24, 2.45) is 5.73 Å². The van der Waals surface area contributed by atoms with E-state index in [-0.39, 0.29) is 16.5 Å². The van der Waals surface area contributed by atoms with Crippen molar-refractivity contribution in [2.45, 2.75) is 17.5 Å². The lowest BCUT2D eigenvalue weighted by Crippen LogP contribution is -2.70. The zero-order valence-electron chi connectivity index (χ0n) is 12.3. The van der Waals surface area contributed by atoms with Crippen molar-refractivity contribution < 1.29 is 19.5 Å². The van der Waals surface area contributed by atoms with Crippen molar-refractivity contribution in [3.8, 4) is 0 Å². The monoisotopic (exact) mass is 367 g/mol. The summed E-state index contributed by atoms with van der Waals surface area (Å²) in [7, 11) is 0. The molecule has 24 heavy (non-hydrogen) atoms. The van der Waals surface area contributed by atoms with E-state index in [0.717, 1.165) is 4.90 Å². The molecule has 126 valence electrons. The fourth-order valence-electron chi connectivity index (χ4n) is 2.64. The molecule has 0 aliphatic carbocycles. The number of carboxylic acid groups (broad SMARTS) is 1. The second-order valence-corrected chi connectivity index (χ2v) is 6.90. The van der Waals surface area contributed by atoms with Gasteiger partial charge in [-0.2, -0.15) is 0 Å². The van der Waals surface area contributed by atoms with Gasteiger partial charge in [0.2, 0.25) is 5.91 Å². The third-order valence-corrected chi connectivity index (χ3v) is 5.61. The number of benzene rings is 1. The minimum absolute atomic E-state index is 0.114. The summed E-state index contributed by atoms with van der Waals surface area (Å²) in [5.41, 5.74) is 6.32. The number of amides is 2. The summed E-state index contributed by atoms with van der Waals surface area (Å²) < 4.78 is 0. The molecule has 2 aliphatic rings. The Balaban J connectivity index is 1.71. The molecule has 1 saturated heterocycles. The number of hydrogen-bond donors (Lipinski definition) is 3. The molecular weight excluding hydrogens is 354 g/mol. The third-order valence-electron chi connectivity index (χ3n) is 3.86. The number of hydrogen-bond acceptors (Lipinski definition) is 5. The van der Waals surface area contributed by atoms with Gasteiger partial charge in [-0.05, 0) is 5.56 Å². The van der Waals surface area contributed by atoms with Gasteiger partial charge in [-0.3, -0.25) is 14.5 Å². The summed E-state index contributed by atoms with van der Waals surface area (Å²) >= 11 is 7.20. The van der Waals surface area contributed by atoms with Gasteiger partial charge in [-0.15, -0.1) is 11.8 Å². The van der Waals surface area contributed by atoms with Gasteiger partial charge in [0.05, 0.1) is 5.03 Å². The molecular formula is C15H14ClN3O4S. The number of halogens is 1. The summed E-state index contributed by atoms with van der Waals surface area (Å²) in [5.74, 6) is -1.98. The Labute approximate surface area is 146 Å². The van der Waals surface area contributed by atoms with Gasteiger partial charge in [0.1, 0.15) is 23.2 Å². The number of nitrogens with zero attached hydrogens (tertiary/aromatic N) is 1. The van der Waals surface area contributed by atoms with Crippen LogP contribution >= 0.6 is 23.4 Å². The van der Waals surface area contributed by atoms with Crippen LogP contribution in [0.3, 0.4) is 0 Å². The highest BCUT2D eigenvalue weighted by molar-refractivity contribution is 8.00. The van der Waals surface area contributed by atoms with Crippen LogP contribution in [0.4, 0.5) is 0 Å². The van der Waals surface area contributed by atoms with Gasteiger partial charge in [-0.25, -0.2) is 4.79 Å². The van der Waals surface area contributed by atoms with Crippen LogP contribution in [0.15, 0.2) is 41.1 Å². The fraction of sp³-hybridized carbons (Fsp3) is 0.267. The zero-order chi connectivity index (χ0) is 17.4. The van der Waals surface area contributed by atoms with Crippen LogP contribution in [0.25, 0.3) is 0 Å². The molecule has 2 heterocycles.